The summed E-state index contributed by atoms with van der Waals surface area (Å²) < 4.78 is 18.9. The van der Waals surface area contributed by atoms with Gasteiger partial charge in [-0.1, -0.05) is 105 Å². The molecule has 3 amide bonds. The summed E-state index contributed by atoms with van der Waals surface area (Å²) in [5.74, 6) is 2.66. The Kier molecular flexibility index (Phi) is 34.5. The fourth-order valence-electron chi connectivity index (χ4n) is 19.6. The van der Waals surface area contributed by atoms with Crippen molar-refractivity contribution in [1.82, 2.24) is 64.3 Å². The van der Waals surface area contributed by atoms with Gasteiger partial charge in [-0.2, -0.15) is 97.4 Å². The van der Waals surface area contributed by atoms with Crippen LogP contribution in [0.25, 0.3) is 42.0 Å². The molecule has 18 rings (SSSR count). The smallest absolute Gasteiger partial charge is 0.318 e. The maximum absolute atomic E-state index is 12.9. The number of hydrogen-bond acceptors (Lipinski definition) is 23. The number of amides is 3. The standard InChI is InChI=1S/C33H39N7O2.C32H40N6O3.C31H36N8O2.5H2S/c1-23(2)32(41)40-18-17-39(20-26(40)19-34-3)31-28-14-16-38(30-13-7-10-24-9-5-6-12-27(24)30)21-29(28)35-33(36-31)42-22-25-11-8-15-37(25)4;1-5-30(40)37-17-22(3)38(18-21(37)2)31-27-12-14-36(29-16-25(39)15-23-9-6-7-11-26(23)29)19-28(27)33-32(34-31)41-20-24-10-8-13-35(24)4;1-4-29(40)39-15-14-38(19-24(39)17-32-2)30-26-11-13-37(28-18-33-16-22-8-5-6-10-25(22)28)20-27(26)34-31(35-30)41-21-23-9-7-12-36(23)3;;;;;/h5-7,9-10,12-13,25-26H,1,8,11,14-22H2,2,4H3;5-7,9,11,15-16,21-22,24,39H,1,8,10,12-14,17-20H2,2-4H3;4-6,8,10,16,18,23-24H,1,7,9,11-15,17,19-21H2,3H3;5*1H2/t25-,26?;21-,22+,24+;23-,24?;;;;;/m010...../s1. The van der Waals surface area contributed by atoms with Crippen LogP contribution in [0, 0.1) is 13.1 Å². The van der Waals surface area contributed by atoms with Crippen LogP contribution in [-0.2, 0) is 53.3 Å². The normalized spacial score (nSPS) is 20.8. The van der Waals surface area contributed by atoms with E-state index in [9.17, 15) is 19.5 Å². The molecule has 1 N–H and O–H groups in total. The fourth-order valence-corrected chi connectivity index (χ4v) is 19.6. The number of likely N-dealkylation sites (N-methyl/N-ethyl adjacent to an activating group) is 3. The number of ether oxygens (including phenoxy) is 3. The number of aromatic nitrogens is 7. The average Bonchev–Trinajstić information content (AvgIpc) is 1.16. The molecule has 6 fully saturated rings. The van der Waals surface area contributed by atoms with E-state index >= 15 is 0 Å². The molecule has 9 aliphatic rings. The molecule has 0 bridgehead atoms. The largest absolute Gasteiger partial charge is 0.508 e. The summed E-state index contributed by atoms with van der Waals surface area (Å²) in [6.45, 7) is 46.6. The zero-order chi connectivity index (χ0) is 86.2. The highest BCUT2D eigenvalue weighted by Gasteiger charge is 2.41. The first-order valence-corrected chi connectivity index (χ1v) is 44.0. The molecule has 0 radical (unpaired) electrons. The molecular weight excluding hydrogens is 1720 g/mol. The number of benzene rings is 5. The first-order valence-electron chi connectivity index (χ1n) is 44.0. The van der Waals surface area contributed by atoms with Crippen LogP contribution in [0.2, 0.25) is 0 Å². The third-order valence-corrected chi connectivity index (χ3v) is 26.5. The lowest BCUT2D eigenvalue weighted by Crippen LogP contribution is -2.58. The first kappa shape index (κ1) is 99.1. The van der Waals surface area contributed by atoms with Gasteiger partial charge in [0.15, 0.2) is 0 Å². The summed E-state index contributed by atoms with van der Waals surface area (Å²) in [4.78, 5) is 106. The Labute approximate surface area is 793 Å². The van der Waals surface area contributed by atoms with Crippen LogP contribution < -0.4 is 43.6 Å². The number of fused-ring (bicyclic) bond motifs is 6. The topological polar surface area (TPSA) is 237 Å². The number of rotatable bonds is 20. The summed E-state index contributed by atoms with van der Waals surface area (Å²) >= 11 is 0. The Hall–Kier alpha value is -10.5. The van der Waals surface area contributed by atoms with Crippen molar-refractivity contribution in [2.75, 3.05) is 175 Å². The number of hydrogen-bond donors (Lipinski definition) is 1. The number of phenolic OH excluding ortho intramolecular Hbond substituents is 1. The molecule has 0 aliphatic carbocycles. The molecule has 129 heavy (non-hydrogen) atoms. The Morgan fingerprint density at radius 1 is 0.457 bits per heavy atom. The molecule has 686 valence electrons. The summed E-state index contributed by atoms with van der Waals surface area (Å²) in [6, 6.07) is 37.1. The Morgan fingerprint density at radius 3 is 1.37 bits per heavy atom. The maximum atomic E-state index is 12.9. The summed E-state index contributed by atoms with van der Waals surface area (Å²) in [7, 11) is 6.42. The fraction of sp³-hybridized carbons (Fsp3) is 0.458. The second kappa shape index (κ2) is 44.9. The van der Waals surface area contributed by atoms with Crippen LogP contribution in [-0.4, -0.2) is 275 Å². The van der Waals surface area contributed by atoms with Gasteiger partial charge in [0.05, 0.1) is 48.6 Å². The van der Waals surface area contributed by atoms with Crippen molar-refractivity contribution in [3.05, 3.63) is 210 Å². The Balaban J connectivity index is 0.000000184. The molecule has 6 saturated heterocycles. The van der Waals surface area contributed by atoms with Gasteiger partial charge in [-0.3, -0.25) is 19.4 Å². The highest BCUT2D eigenvalue weighted by atomic mass is 32.1. The van der Waals surface area contributed by atoms with Crippen LogP contribution in [0.3, 0.4) is 0 Å². The number of anilines is 6. The van der Waals surface area contributed by atoms with Gasteiger partial charge >= 0.3 is 18.0 Å². The number of likely N-dealkylation sites (tertiary alicyclic amines) is 3. The minimum atomic E-state index is -0.226. The molecule has 9 aromatic rings. The van der Waals surface area contributed by atoms with Crippen LogP contribution >= 0.6 is 67.5 Å². The van der Waals surface area contributed by atoms with E-state index in [4.69, 9.17) is 57.3 Å². The Bertz CT molecular complexity index is 5560. The van der Waals surface area contributed by atoms with Gasteiger partial charge in [-0.25, -0.2) is 13.1 Å². The predicted molar refractivity (Wildman–Crippen MR) is 539 cm³/mol. The third kappa shape index (κ3) is 22.1. The van der Waals surface area contributed by atoms with Gasteiger partial charge in [0, 0.05) is 170 Å². The molecule has 5 aromatic carbocycles. The average molecular weight is 1850 g/mol. The number of aromatic hydroxyl groups is 1. The van der Waals surface area contributed by atoms with Crippen LogP contribution in [0.15, 0.2) is 153 Å². The molecule has 7 atom stereocenters. The van der Waals surface area contributed by atoms with E-state index < -0.39 is 0 Å². The van der Waals surface area contributed by atoms with Crippen molar-refractivity contribution in [3.63, 3.8) is 0 Å². The lowest BCUT2D eigenvalue weighted by atomic mass is 10.00. The lowest BCUT2D eigenvalue weighted by molar-refractivity contribution is -0.130. The predicted octanol–water partition coefficient (Wildman–Crippen LogP) is 11.9. The molecule has 33 heteroatoms. The maximum Gasteiger partial charge on any atom is 0.318 e. The quantitative estimate of drug-likeness (QED) is 0.0551. The summed E-state index contributed by atoms with van der Waals surface area (Å²) in [6.07, 6.45) is 15.8. The monoisotopic (exact) mass is 1840 g/mol. The zero-order valence-electron chi connectivity index (χ0n) is 75.0. The number of carbonyl (C=O) groups is 3. The number of phenols is 1. The van der Waals surface area contributed by atoms with Gasteiger partial charge in [0.1, 0.15) is 55.1 Å². The SMILES string of the molecule is C=CC(=O)N1C[C@H](C)N(c2nc(OC[C@@H]3CCCN3C)nc3c2CCN(c2cc(O)cc4ccccc24)C3)C[C@H]1C.S.S.S.S.S.[C-]#[N+]CC1CN(c2nc(OC[C@@H]3CCCN3C)nc3c2CCN(c2cccc4ccccc24)C3)CCN1C(=O)C(=C)C.[C-]#[N+]CC1CN(c2nc(OC[C@@H]3CCCN3C)nc3c2CCN(c2cncc4ccccc24)C3)CCN1C(=O)C=C. The van der Waals surface area contributed by atoms with E-state index in [1.807, 2.05) is 53.7 Å². The first-order chi connectivity index (χ1) is 60.3. The van der Waals surface area contributed by atoms with E-state index in [0.29, 0.717) is 134 Å². The third-order valence-electron chi connectivity index (χ3n) is 26.5. The minimum absolute atomic E-state index is 0. The van der Waals surface area contributed by atoms with Gasteiger partial charge in [0.2, 0.25) is 30.8 Å². The van der Waals surface area contributed by atoms with E-state index in [1.165, 1.54) is 53.3 Å². The van der Waals surface area contributed by atoms with Crippen molar-refractivity contribution in [1.29, 1.82) is 0 Å². The minimum Gasteiger partial charge on any atom is -0.508 e. The van der Waals surface area contributed by atoms with Crippen molar-refractivity contribution in [2.24, 2.45) is 0 Å². The molecular formula is C96H125N21O7S5. The Morgan fingerprint density at radius 2 is 0.884 bits per heavy atom. The molecule has 4 aromatic heterocycles. The van der Waals surface area contributed by atoms with Crippen LogP contribution in [0.5, 0.6) is 23.8 Å². The number of pyridine rings is 1. The number of piperazine rings is 3. The lowest BCUT2D eigenvalue weighted by Gasteiger charge is -2.45. The van der Waals surface area contributed by atoms with E-state index in [0.717, 1.165) is 157 Å². The van der Waals surface area contributed by atoms with Crippen molar-refractivity contribution >= 4 is 152 Å². The number of carbonyl (C=O) groups excluding carboxylic acids is 3. The van der Waals surface area contributed by atoms with Crippen LogP contribution in [0.1, 0.15) is 93.1 Å². The molecule has 0 spiro atoms. The zero-order valence-corrected chi connectivity index (χ0v) is 80.0. The van der Waals surface area contributed by atoms with E-state index in [1.54, 1.807) is 16.7 Å². The van der Waals surface area contributed by atoms with Crippen molar-refractivity contribution < 1.29 is 33.7 Å². The highest BCUT2D eigenvalue weighted by molar-refractivity contribution is 7.60. The van der Waals surface area contributed by atoms with Gasteiger partial charge in [-0.15, -0.1) is 0 Å². The van der Waals surface area contributed by atoms with Gasteiger partial charge < -0.3 is 87.8 Å². The molecule has 2 unspecified atom stereocenters. The second-order valence-corrected chi connectivity index (χ2v) is 34.5. The highest BCUT2D eigenvalue weighted by Crippen LogP contribution is 2.41. The van der Waals surface area contributed by atoms with Crippen LogP contribution in [0.4, 0.5) is 34.5 Å². The molecule has 28 nitrogen and oxygen atoms in total. The molecule has 13 heterocycles. The molecule has 9 aliphatic heterocycles. The summed E-state index contributed by atoms with van der Waals surface area (Å²) in [5.41, 5.74) is 10.1. The van der Waals surface area contributed by atoms with Crippen molar-refractivity contribution in [2.45, 2.75) is 140 Å². The van der Waals surface area contributed by atoms with Gasteiger partial charge in [-0.05, 0) is 154 Å². The van der Waals surface area contributed by atoms with E-state index in [2.05, 4.69) is 180 Å². The molecule has 0 saturated carbocycles. The van der Waals surface area contributed by atoms with Gasteiger partial charge in [0.25, 0.3) is 0 Å². The van der Waals surface area contributed by atoms with E-state index in [-0.39, 0.29) is 128 Å². The summed E-state index contributed by atoms with van der Waals surface area (Å²) in [5, 5.41) is 17.4. The second-order valence-electron chi connectivity index (χ2n) is 34.5. The number of nitrogens with zero attached hydrogens (tertiary/aromatic N) is 21. The van der Waals surface area contributed by atoms with Crippen molar-refractivity contribution in [3.8, 4) is 23.8 Å².